The third kappa shape index (κ3) is 1.79. The Labute approximate surface area is 133 Å². The van der Waals surface area contributed by atoms with E-state index in [2.05, 4.69) is 13.5 Å². The van der Waals surface area contributed by atoms with Crippen molar-refractivity contribution in [3.8, 4) is 0 Å². The van der Waals surface area contributed by atoms with Gasteiger partial charge in [0, 0.05) is 11.8 Å². The van der Waals surface area contributed by atoms with Gasteiger partial charge < -0.3 is 5.11 Å². The van der Waals surface area contributed by atoms with E-state index in [0.29, 0.717) is 17.6 Å². The highest BCUT2D eigenvalue weighted by Gasteiger charge is 2.61. The molecule has 0 radical (unpaired) electrons. The Morgan fingerprint density at radius 3 is 2.77 bits per heavy atom. The summed E-state index contributed by atoms with van der Waals surface area (Å²) < 4.78 is 0. The van der Waals surface area contributed by atoms with E-state index in [9.17, 15) is 9.90 Å². The summed E-state index contributed by atoms with van der Waals surface area (Å²) in [7, 11) is 0. The first-order valence-corrected chi connectivity index (χ1v) is 9.08. The largest absolute Gasteiger partial charge is 0.385 e. The monoisotopic (exact) mass is 300 g/mol. The molecule has 0 saturated heterocycles. The third-order valence-electron chi connectivity index (χ3n) is 7.85. The molecule has 120 valence electrons. The highest BCUT2D eigenvalue weighted by Crippen LogP contribution is 2.65. The predicted octanol–water partition coefficient (Wildman–Crippen LogP) is 4.05. The van der Waals surface area contributed by atoms with E-state index >= 15 is 0 Å². The van der Waals surface area contributed by atoms with Crippen LogP contribution in [0.1, 0.15) is 58.3 Å². The maximum Gasteiger partial charge on any atom is 0.155 e. The number of carbonyl (C=O) groups is 1. The zero-order chi connectivity index (χ0) is 15.5. The van der Waals surface area contributed by atoms with Gasteiger partial charge in [-0.15, -0.1) is 6.58 Å². The molecule has 6 atom stereocenters. The number of rotatable bonds is 1. The molecule has 2 nitrogen and oxygen atoms in total. The Bertz CT molecular complexity index is 548. The van der Waals surface area contributed by atoms with Gasteiger partial charge in [0.1, 0.15) is 0 Å². The molecule has 0 amide bonds. The molecule has 22 heavy (non-hydrogen) atoms. The van der Waals surface area contributed by atoms with Crippen molar-refractivity contribution < 1.29 is 9.90 Å². The van der Waals surface area contributed by atoms with Crippen LogP contribution in [0.5, 0.6) is 0 Å². The van der Waals surface area contributed by atoms with E-state index in [4.69, 9.17) is 0 Å². The zero-order valence-corrected chi connectivity index (χ0v) is 13.7. The fraction of sp³-hybridized carbons (Fsp3) is 0.750. The fourth-order valence-electron chi connectivity index (χ4n) is 6.57. The number of fused-ring (bicyclic) bond motifs is 5. The van der Waals surface area contributed by atoms with Crippen molar-refractivity contribution >= 4 is 5.78 Å². The maximum atomic E-state index is 11.7. The Morgan fingerprint density at radius 2 is 2.00 bits per heavy atom. The first-order valence-electron chi connectivity index (χ1n) is 9.08. The first-order chi connectivity index (χ1) is 10.5. The lowest BCUT2D eigenvalue weighted by Crippen LogP contribution is -2.51. The first kappa shape index (κ1) is 14.7. The van der Waals surface area contributed by atoms with Gasteiger partial charge in [0.25, 0.3) is 0 Å². The van der Waals surface area contributed by atoms with Crippen molar-refractivity contribution in [2.45, 2.75) is 63.9 Å². The summed E-state index contributed by atoms with van der Waals surface area (Å²) >= 11 is 0. The fourth-order valence-corrected chi connectivity index (χ4v) is 6.57. The summed E-state index contributed by atoms with van der Waals surface area (Å²) in [5.74, 6) is 3.11. The minimum Gasteiger partial charge on any atom is -0.385 e. The van der Waals surface area contributed by atoms with Crippen LogP contribution in [-0.4, -0.2) is 16.5 Å². The van der Waals surface area contributed by atoms with Gasteiger partial charge >= 0.3 is 0 Å². The molecular weight excluding hydrogens is 272 g/mol. The normalized spacial score (nSPS) is 50.6. The lowest BCUT2D eigenvalue weighted by Gasteiger charge is -2.55. The smallest absolute Gasteiger partial charge is 0.155 e. The lowest BCUT2D eigenvalue weighted by atomic mass is 9.50. The summed E-state index contributed by atoms with van der Waals surface area (Å²) in [6.07, 6.45) is 12.3. The summed E-state index contributed by atoms with van der Waals surface area (Å²) in [5, 5.41) is 11.0. The molecule has 3 fully saturated rings. The van der Waals surface area contributed by atoms with Gasteiger partial charge in [0.15, 0.2) is 5.78 Å². The van der Waals surface area contributed by atoms with Crippen molar-refractivity contribution in [1.82, 2.24) is 0 Å². The van der Waals surface area contributed by atoms with Crippen LogP contribution in [0, 0.1) is 29.1 Å². The van der Waals surface area contributed by atoms with Gasteiger partial charge in [-0.2, -0.15) is 0 Å². The number of ketones is 1. The van der Waals surface area contributed by atoms with E-state index in [-0.39, 0.29) is 5.41 Å². The molecule has 0 aromatic heterocycles. The quantitative estimate of drug-likeness (QED) is 0.742. The molecule has 0 heterocycles. The topological polar surface area (TPSA) is 37.3 Å². The SMILES string of the molecule is C=C[C@]1(O)CC[C@H]2[C@@H]3CCC4=CC(=O)CC[C@@H]4[C@H]3CC[C@@]21C. The molecular formula is C20H28O2. The Balaban J connectivity index is 1.65. The number of allylic oxidation sites excluding steroid dienone is 1. The van der Waals surface area contributed by atoms with Crippen LogP contribution in [0.3, 0.4) is 0 Å². The van der Waals surface area contributed by atoms with Crippen molar-refractivity contribution in [2.24, 2.45) is 29.1 Å². The molecule has 3 saturated carbocycles. The van der Waals surface area contributed by atoms with Crippen LogP contribution in [0.2, 0.25) is 0 Å². The Hall–Kier alpha value is -0.890. The van der Waals surface area contributed by atoms with Gasteiger partial charge in [-0.1, -0.05) is 18.6 Å². The van der Waals surface area contributed by atoms with E-state index in [1.807, 2.05) is 12.2 Å². The van der Waals surface area contributed by atoms with E-state index in [1.165, 1.54) is 18.4 Å². The van der Waals surface area contributed by atoms with Gasteiger partial charge in [0.05, 0.1) is 5.60 Å². The zero-order valence-electron chi connectivity index (χ0n) is 13.7. The molecule has 1 N–H and O–H groups in total. The lowest BCUT2D eigenvalue weighted by molar-refractivity contribution is -0.116. The number of carbonyl (C=O) groups excluding carboxylic acids is 1. The standard InChI is InChI=1S/C20H28O2/c1-3-20(22)11-9-18-17-6-4-13-12-14(21)5-7-15(13)16(17)8-10-19(18,20)2/h3,12,15-18,22H,1,4-11H2,2H3/t15-,16+,17+,18-,19-,20-/m0/s1. The molecule has 4 rings (SSSR count). The molecule has 2 heteroatoms. The van der Waals surface area contributed by atoms with Crippen LogP contribution in [0.15, 0.2) is 24.3 Å². The van der Waals surface area contributed by atoms with E-state index < -0.39 is 5.60 Å². The van der Waals surface area contributed by atoms with Crippen molar-refractivity contribution in [2.75, 3.05) is 0 Å². The van der Waals surface area contributed by atoms with E-state index in [1.54, 1.807) is 0 Å². The summed E-state index contributed by atoms with van der Waals surface area (Å²) in [5.41, 5.74) is 0.793. The average Bonchev–Trinajstić information content (AvgIpc) is 2.79. The van der Waals surface area contributed by atoms with Gasteiger partial charge in [-0.25, -0.2) is 0 Å². The Kier molecular flexibility index (Phi) is 3.21. The van der Waals surface area contributed by atoms with Crippen LogP contribution in [0.4, 0.5) is 0 Å². The average molecular weight is 300 g/mol. The molecule has 0 aliphatic heterocycles. The highest BCUT2D eigenvalue weighted by atomic mass is 16.3. The molecule has 4 aliphatic carbocycles. The van der Waals surface area contributed by atoms with Gasteiger partial charge in [-0.05, 0) is 74.7 Å². The molecule has 4 aliphatic rings. The Morgan fingerprint density at radius 1 is 1.18 bits per heavy atom. The van der Waals surface area contributed by atoms with Crippen molar-refractivity contribution in [3.05, 3.63) is 24.3 Å². The third-order valence-corrected chi connectivity index (χ3v) is 7.85. The van der Waals surface area contributed by atoms with Crippen LogP contribution in [-0.2, 0) is 4.79 Å². The number of hydrogen-bond acceptors (Lipinski definition) is 2. The molecule has 0 spiro atoms. The summed E-state index contributed by atoms with van der Waals surface area (Å²) in [6, 6.07) is 0. The molecule has 0 unspecified atom stereocenters. The predicted molar refractivity (Wildman–Crippen MR) is 87.2 cm³/mol. The minimum absolute atomic E-state index is 0.0155. The van der Waals surface area contributed by atoms with Crippen molar-refractivity contribution in [1.29, 1.82) is 0 Å². The number of hydrogen-bond donors (Lipinski definition) is 1. The van der Waals surface area contributed by atoms with Crippen LogP contribution < -0.4 is 0 Å². The summed E-state index contributed by atoms with van der Waals surface area (Å²) in [4.78, 5) is 11.7. The summed E-state index contributed by atoms with van der Waals surface area (Å²) in [6.45, 7) is 6.24. The second kappa shape index (κ2) is 4.80. The van der Waals surface area contributed by atoms with Gasteiger partial charge in [0.2, 0.25) is 0 Å². The van der Waals surface area contributed by atoms with Crippen LogP contribution in [0.25, 0.3) is 0 Å². The second-order valence-electron chi connectivity index (χ2n) is 8.43. The minimum atomic E-state index is -0.665. The van der Waals surface area contributed by atoms with E-state index in [0.717, 1.165) is 50.4 Å². The molecule has 0 aromatic carbocycles. The molecule has 0 bridgehead atoms. The van der Waals surface area contributed by atoms with Gasteiger partial charge in [-0.3, -0.25) is 4.79 Å². The maximum absolute atomic E-state index is 11.7. The van der Waals surface area contributed by atoms with Crippen LogP contribution >= 0.6 is 0 Å². The number of aliphatic hydroxyl groups is 1. The highest BCUT2D eigenvalue weighted by molar-refractivity contribution is 5.91. The second-order valence-corrected chi connectivity index (χ2v) is 8.43. The molecule has 0 aromatic rings. The van der Waals surface area contributed by atoms with Crippen molar-refractivity contribution in [3.63, 3.8) is 0 Å².